The lowest BCUT2D eigenvalue weighted by Crippen LogP contribution is -2.22. The molecule has 1 atom stereocenters. The monoisotopic (exact) mass is 335 g/mol. The van der Waals surface area contributed by atoms with Crippen LogP contribution in [0.2, 0.25) is 0 Å². The second-order valence-electron chi connectivity index (χ2n) is 6.41. The van der Waals surface area contributed by atoms with Crippen LogP contribution in [-0.2, 0) is 6.54 Å². The van der Waals surface area contributed by atoms with Gasteiger partial charge in [0.25, 0.3) is 0 Å². The van der Waals surface area contributed by atoms with Crippen LogP contribution in [0.3, 0.4) is 0 Å². The van der Waals surface area contributed by atoms with E-state index in [4.69, 9.17) is 9.26 Å². The van der Waals surface area contributed by atoms with Crippen LogP contribution >= 0.6 is 0 Å². The molecule has 0 radical (unpaired) electrons. The van der Waals surface area contributed by atoms with E-state index in [1.54, 1.807) is 6.20 Å². The van der Waals surface area contributed by atoms with Gasteiger partial charge in [0.05, 0.1) is 6.04 Å². The topological polar surface area (TPSA) is 51.4 Å². The van der Waals surface area contributed by atoms with Crippen LogP contribution in [0.5, 0.6) is 11.6 Å². The summed E-state index contributed by atoms with van der Waals surface area (Å²) in [4.78, 5) is 6.67. The molecule has 1 aliphatic rings. The molecule has 0 N–H and O–H groups in total. The van der Waals surface area contributed by atoms with Crippen LogP contribution in [0.15, 0.2) is 59.3 Å². The number of rotatable bonds is 5. The molecule has 2 aromatic heterocycles. The summed E-state index contributed by atoms with van der Waals surface area (Å²) in [5.74, 6) is 2.29. The Hall–Kier alpha value is -2.66. The Morgan fingerprint density at radius 3 is 2.96 bits per heavy atom. The largest absolute Gasteiger partial charge is 0.439 e. The molecule has 1 saturated heterocycles. The van der Waals surface area contributed by atoms with E-state index in [0.29, 0.717) is 11.9 Å². The molecular formula is C20H21N3O2. The number of nitrogens with zero attached hydrogens (tertiary/aromatic N) is 3. The zero-order chi connectivity index (χ0) is 17.1. The van der Waals surface area contributed by atoms with Crippen molar-refractivity contribution in [3.63, 3.8) is 0 Å². The van der Waals surface area contributed by atoms with E-state index in [1.165, 1.54) is 12.0 Å². The van der Waals surface area contributed by atoms with Crippen molar-refractivity contribution in [1.82, 2.24) is 15.0 Å². The van der Waals surface area contributed by atoms with Gasteiger partial charge >= 0.3 is 0 Å². The zero-order valence-electron chi connectivity index (χ0n) is 14.3. The molecule has 0 aliphatic carbocycles. The van der Waals surface area contributed by atoms with Crippen LogP contribution in [0.1, 0.15) is 35.9 Å². The molecule has 1 unspecified atom stereocenters. The van der Waals surface area contributed by atoms with Crippen molar-refractivity contribution in [3.8, 4) is 11.6 Å². The van der Waals surface area contributed by atoms with Gasteiger partial charge in [0.2, 0.25) is 5.88 Å². The van der Waals surface area contributed by atoms with E-state index in [-0.39, 0.29) is 0 Å². The van der Waals surface area contributed by atoms with Gasteiger partial charge in [-0.1, -0.05) is 23.4 Å². The summed E-state index contributed by atoms with van der Waals surface area (Å²) in [6.07, 6.45) is 4.03. The van der Waals surface area contributed by atoms with Gasteiger partial charge in [0.15, 0.2) is 0 Å². The fraction of sp³-hybridized carbons (Fsp3) is 0.300. The molecule has 1 aromatic carbocycles. The molecule has 1 fully saturated rings. The first-order valence-corrected chi connectivity index (χ1v) is 8.63. The number of ether oxygens (including phenoxy) is 1. The Bertz CT molecular complexity index is 832. The van der Waals surface area contributed by atoms with Crippen LogP contribution in [0.4, 0.5) is 0 Å². The number of aryl methyl sites for hydroxylation is 1. The average Bonchev–Trinajstić information content (AvgIpc) is 3.25. The summed E-state index contributed by atoms with van der Waals surface area (Å²) < 4.78 is 11.1. The molecule has 0 bridgehead atoms. The molecule has 128 valence electrons. The van der Waals surface area contributed by atoms with Crippen LogP contribution < -0.4 is 4.74 Å². The highest BCUT2D eigenvalue weighted by Gasteiger charge is 2.28. The van der Waals surface area contributed by atoms with E-state index in [1.807, 2.05) is 43.3 Å². The molecule has 3 aromatic rings. The lowest BCUT2D eigenvalue weighted by atomic mass is 10.1. The Labute approximate surface area is 147 Å². The molecule has 1 aliphatic heterocycles. The van der Waals surface area contributed by atoms with Gasteiger partial charge < -0.3 is 9.26 Å². The van der Waals surface area contributed by atoms with Crippen molar-refractivity contribution in [1.29, 1.82) is 0 Å². The maximum absolute atomic E-state index is 5.84. The van der Waals surface area contributed by atoms with Gasteiger partial charge in [-0.2, -0.15) is 0 Å². The standard InChI is InChI=1S/C20H21N3O2/c1-15-12-18(22-25-15)19-8-5-11-23(19)14-16-6-4-7-17(13-16)24-20-9-2-3-10-21-20/h2-4,6-7,9-10,12-13,19H,5,8,11,14H2,1H3. The average molecular weight is 335 g/mol. The van der Waals surface area contributed by atoms with Crippen molar-refractivity contribution in [2.45, 2.75) is 32.4 Å². The Balaban J connectivity index is 1.48. The molecule has 0 amide bonds. The fourth-order valence-electron chi connectivity index (χ4n) is 3.36. The van der Waals surface area contributed by atoms with Crippen molar-refractivity contribution >= 4 is 0 Å². The highest BCUT2D eigenvalue weighted by atomic mass is 16.5. The van der Waals surface area contributed by atoms with Crippen molar-refractivity contribution < 1.29 is 9.26 Å². The summed E-state index contributed by atoms with van der Waals surface area (Å²) in [7, 11) is 0. The number of likely N-dealkylation sites (tertiary alicyclic amines) is 1. The van der Waals surface area contributed by atoms with Crippen LogP contribution in [0, 0.1) is 6.92 Å². The zero-order valence-corrected chi connectivity index (χ0v) is 14.3. The Morgan fingerprint density at radius 2 is 2.16 bits per heavy atom. The SMILES string of the molecule is Cc1cc(C2CCCN2Cc2cccc(Oc3ccccn3)c2)no1. The van der Waals surface area contributed by atoms with Gasteiger partial charge in [0, 0.05) is 24.9 Å². The quantitative estimate of drug-likeness (QED) is 0.687. The van der Waals surface area contributed by atoms with Gasteiger partial charge in [0.1, 0.15) is 17.2 Å². The minimum Gasteiger partial charge on any atom is -0.439 e. The molecule has 3 heterocycles. The number of pyridine rings is 1. The molecule has 5 nitrogen and oxygen atoms in total. The predicted octanol–water partition coefficient (Wildman–Crippen LogP) is 4.51. The maximum Gasteiger partial charge on any atom is 0.219 e. The molecule has 25 heavy (non-hydrogen) atoms. The Morgan fingerprint density at radius 1 is 1.20 bits per heavy atom. The van der Waals surface area contributed by atoms with Gasteiger partial charge in [-0.05, 0) is 50.1 Å². The van der Waals surface area contributed by atoms with Crippen LogP contribution in [0.25, 0.3) is 0 Å². The van der Waals surface area contributed by atoms with Crippen molar-refractivity contribution in [2.24, 2.45) is 0 Å². The lowest BCUT2D eigenvalue weighted by molar-refractivity contribution is 0.236. The highest BCUT2D eigenvalue weighted by Crippen LogP contribution is 2.33. The second kappa shape index (κ2) is 7.07. The number of benzene rings is 1. The van der Waals surface area contributed by atoms with E-state index in [2.05, 4.69) is 27.2 Å². The van der Waals surface area contributed by atoms with Gasteiger partial charge in [-0.25, -0.2) is 4.98 Å². The van der Waals surface area contributed by atoms with Crippen molar-refractivity contribution in [3.05, 3.63) is 71.7 Å². The van der Waals surface area contributed by atoms with Crippen LogP contribution in [-0.4, -0.2) is 21.6 Å². The van der Waals surface area contributed by atoms with E-state index >= 15 is 0 Å². The van der Waals surface area contributed by atoms with E-state index in [9.17, 15) is 0 Å². The van der Waals surface area contributed by atoms with Crippen molar-refractivity contribution in [2.75, 3.05) is 6.54 Å². The summed E-state index contributed by atoms with van der Waals surface area (Å²) in [6.45, 7) is 3.88. The molecule has 5 heteroatoms. The van der Waals surface area contributed by atoms with Gasteiger partial charge in [-0.3, -0.25) is 4.90 Å². The van der Waals surface area contributed by atoms with Gasteiger partial charge in [-0.15, -0.1) is 0 Å². The minimum atomic E-state index is 0.331. The smallest absolute Gasteiger partial charge is 0.219 e. The maximum atomic E-state index is 5.84. The first-order valence-electron chi connectivity index (χ1n) is 8.63. The normalized spacial score (nSPS) is 17.7. The molecule has 0 saturated carbocycles. The molecule has 0 spiro atoms. The summed E-state index contributed by atoms with van der Waals surface area (Å²) >= 11 is 0. The third-order valence-electron chi connectivity index (χ3n) is 4.50. The molecule has 4 rings (SSSR count). The number of aromatic nitrogens is 2. The lowest BCUT2D eigenvalue weighted by Gasteiger charge is -2.22. The fourth-order valence-corrected chi connectivity index (χ4v) is 3.36. The first kappa shape index (κ1) is 15.8. The third-order valence-corrected chi connectivity index (χ3v) is 4.50. The summed E-state index contributed by atoms with van der Waals surface area (Å²) in [5, 5.41) is 4.21. The first-order chi connectivity index (χ1) is 12.3. The molecular weight excluding hydrogens is 314 g/mol. The number of hydrogen-bond acceptors (Lipinski definition) is 5. The second-order valence-corrected chi connectivity index (χ2v) is 6.41. The Kier molecular flexibility index (Phi) is 4.48. The predicted molar refractivity (Wildman–Crippen MR) is 94.4 cm³/mol. The van der Waals surface area contributed by atoms with E-state index in [0.717, 1.165) is 36.7 Å². The minimum absolute atomic E-state index is 0.331. The number of hydrogen-bond donors (Lipinski definition) is 0. The highest BCUT2D eigenvalue weighted by molar-refractivity contribution is 5.31. The third kappa shape index (κ3) is 3.72. The summed E-state index contributed by atoms with van der Waals surface area (Å²) in [5.41, 5.74) is 2.26. The van der Waals surface area contributed by atoms with E-state index < -0.39 is 0 Å². The summed E-state index contributed by atoms with van der Waals surface area (Å²) in [6, 6.07) is 16.2.